The first kappa shape index (κ1) is 24.3. The van der Waals surface area contributed by atoms with Gasteiger partial charge in [-0.3, -0.25) is 14.8 Å². The van der Waals surface area contributed by atoms with Gasteiger partial charge in [-0.25, -0.2) is 0 Å². The molecule has 0 aliphatic rings. The van der Waals surface area contributed by atoms with Gasteiger partial charge in [0.05, 0.1) is 18.4 Å². The normalized spacial score (nSPS) is 10.8. The fraction of sp³-hybridized carbons (Fsp3) is 0.208. The van der Waals surface area contributed by atoms with Crippen molar-refractivity contribution in [3.63, 3.8) is 0 Å². The maximum Gasteiger partial charge on any atom is 0.243 e. The molecule has 1 aromatic heterocycles. The summed E-state index contributed by atoms with van der Waals surface area (Å²) in [5.41, 5.74) is 3.23. The highest BCUT2D eigenvalue weighted by atomic mass is 127. The van der Waals surface area contributed by atoms with E-state index in [0.717, 1.165) is 13.0 Å². The van der Waals surface area contributed by atoms with Gasteiger partial charge in [0, 0.05) is 25.7 Å². The fourth-order valence-electron chi connectivity index (χ4n) is 3.26. The number of rotatable bonds is 8. The molecule has 0 radical (unpaired) electrons. The topological polar surface area (TPSA) is 78.4 Å². The zero-order valence-corrected chi connectivity index (χ0v) is 19.8. The molecule has 0 unspecified atom stereocenters. The average molecular weight is 529 g/mol. The molecule has 0 spiro atoms. The predicted octanol–water partition coefficient (Wildman–Crippen LogP) is 4.03. The third kappa shape index (κ3) is 8.01. The van der Waals surface area contributed by atoms with Gasteiger partial charge >= 0.3 is 0 Å². The molecular weight excluding hydrogens is 501 g/mol. The number of carbonyl (C=O) groups excluding carboxylic acids is 1. The van der Waals surface area contributed by atoms with Crippen molar-refractivity contribution in [1.29, 1.82) is 0 Å². The Morgan fingerprint density at radius 2 is 1.58 bits per heavy atom. The monoisotopic (exact) mass is 529 g/mol. The van der Waals surface area contributed by atoms with Gasteiger partial charge in [-0.1, -0.05) is 60.7 Å². The quantitative estimate of drug-likeness (QED) is 0.234. The van der Waals surface area contributed by atoms with E-state index in [4.69, 9.17) is 0 Å². The van der Waals surface area contributed by atoms with E-state index in [9.17, 15) is 4.79 Å². The van der Waals surface area contributed by atoms with Crippen LogP contribution in [0.4, 0.5) is 5.69 Å². The molecule has 1 amide bonds. The minimum atomic E-state index is -0.155. The number of benzene rings is 2. The lowest BCUT2D eigenvalue weighted by Crippen LogP contribution is -2.42. The van der Waals surface area contributed by atoms with Gasteiger partial charge in [0.2, 0.25) is 5.91 Å². The molecule has 3 aromatic rings. The van der Waals surface area contributed by atoms with Crippen molar-refractivity contribution in [3.05, 3.63) is 96.3 Å². The summed E-state index contributed by atoms with van der Waals surface area (Å²) in [6, 6.07) is 24.6. The number of halogens is 1. The number of hydrogen-bond acceptors (Lipinski definition) is 3. The molecule has 7 heteroatoms. The number of aromatic nitrogens is 1. The number of anilines is 1. The van der Waals surface area contributed by atoms with Crippen LogP contribution in [0.5, 0.6) is 0 Å². The number of carbonyl (C=O) groups is 1. The summed E-state index contributed by atoms with van der Waals surface area (Å²) >= 11 is 0. The van der Waals surface area contributed by atoms with Crippen LogP contribution in [-0.4, -0.2) is 37.0 Å². The van der Waals surface area contributed by atoms with Gasteiger partial charge in [0.15, 0.2) is 5.96 Å². The SMILES string of the molecule is CN=C(NCCC(c1ccccc1)c1ccccc1)NCC(=O)Nc1cccnc1.I. The molecule has 0 atom stereocenters. The second kappa shape index (κ2) is 13.4. The van der Waals surface area contributed by atoms with Crippen LogP contribution in [0.1, 0.15) is 23.5 Å². The van der Waals surface area contributed by atoms with Crippen LogP contribution >= 0.6 is 24.0 Å². The van der Waals surface area contributed by atoms with E-state index in [1.807, 2.05) is 12.1 Å². The van der Waals surface area contributed by atoms with E-state index in [-0.39, 0.29) is 42.3 Å². The molecule has 0 fully saturated rings. The van der Waals surface area contributed by atoms with Gasteiger partial charge in [0.25, 0.3) is 0 Å². The van der Waals surface area contributed by atoms with Crippen molar-refractivity contribution in [1.82, 2.24) is 15.6 Å². The number of hydrogen-bond donors (Lipinski definition) is 3. The summed E-state index contributed by atoms with van der Waals surface area (Å²) in [6.07, 6.45) is 4.17. The van der Waals surface area contributed by atoms with E-state index in [0.29, 0.717) is 11.6 Å². The van der Waals surface area contributed by atoms with E-state index in [1.165, 1.54) is 11.1 Å². The maximum atomic E-state index is 12.1. The molecule has 0 aliphatic carbocycles. The van der Waals surface area contributed by atoms with Crippen molar-refractivity contribution in [2.75, 3.05) is 25.5 Å². The van der Waals surface area contributed by atoms with E-state index in [2.05, 4.69) is 74.5 Å². The Morgan fingerprint density at radius 1 is 0.935 bits per heavy atom. The summed E-state index contributed by atoms with van der Waals surface area (Å²) in [6.45, 7) is 0.841. The van der Waals surface area contributed by atoms with E-state index < -0.39 is 0 Å². The molecule has 162 valence electrons. The van der Waals surface area contributed by atoms with Crippen LogP contribution in [0.2, 0.25) is 0 Å². The first-order valence-electron chi connectivity index (χ1n) is 10.0. The largest absolute Gasteiger partial charge is 0.356 e. The molecule has 0 saturated heterocycles. The Balaban J connectivity index is 0.00000341. The Morgan fingerprint density at radius 3 is 2.13 bits per heavy atom. The first-order valence-corrected chi connectivity index (χ1v) is 10.0. The summed E-state index contributed by atoms with van der Waals surface area (Å²) in [4.78, 5) is 20.3. The molecule has 0 bridgehead atoms. The van der Waals surface area contributed by atoms with Crippen molar-refractivity contribution >= 4 is 41.5 Å². The summed E-state index contributed by atoms with van der Waals surface area (Å²) in [7, 11) is 1.69. The minimum Gasteiger partial charge on any atom is -0.356 e. The van der Waals surface area contributed by atoms with Crippen LogP contribution < -0.4 is 16.0 Å². The third-order valence-corrected chi connectivity index (χ3v) is 4.71. The smallest absolute Gasteiger partial charge is 0.243 e. The molecule has 0 aliphatic heterocycles. The van der Waals surface area contributed by atoms with Gasteiger partial charge < -0.3 is 16.0 Å². The van der Waals surface area contributed by atoms with Crippen molar-refractivity contribution in [3.8, 4) is 0 Å². The lowest BCUT2D eigenvalue weighted by molar-refractivity contribution is -0.115. The molecule has 3 rings (SSSR count). The highest BCUT2D eigenvalue weighted by Gasteiger charge is 2.14. The van der Waals surface area contributed by atoms with Gasteiger partial charge in [-0.2, -0.15) is 0 Å². The van der Waals surface area contributed by atoms with Crippen LogP contribution in [-0.2, 0) is 4.79 Å². The molecular formula is C24H28IN5O. The summed E-state index contributed by atoms with van der Waals surface area (Å²) in [5.74, 6) is 0.723. The minimum absolute atomic E-state index is 0. The Kier molecular flexibility index (Phi) is 10.5. The lowest BCUT2D eigenvalue weighted by Gasteiger charge is -2.19. The fourth-order valence-corrected chi connectivity index (χ4v) is 3.26. The average Bonchev–Trinajstić information content (AvgIpc) is 2.80. The van der Waals surface area contributed by atoms with Crippen LogP contribution in [0, 0.1) is 0 Å². The third-order valence-electron chi connectivity index (χ3n) is 4.71. The van der Waals surface area contributed by atoms with Crippen LogP contribution in [0.25, 0.3) is 0 Å². The van der Waals surface area contributed by atoms with Crippen LogP contribution in [0.3, 0.4) is 0 Å². The van der Waals surface area contributed by atoms with Gasteiger partial charge in [-0.05, 0) is 29.7 Å². The number of pyridine rings is 1. The predicted molar refractivity (Wildman–Crippen MR) is 137 cm³/mol. The Hall–Kier alpha value is -2.94. The number of guanidine groups is 1. The zero-order chi connectivity index (χ0) is 21.0. The standard InChI is InChI=1S/C24H27N5O.HI/c1-25-24(28-18-23(30)29-21-13-8-15-26-17-21)27-16-14-22(19-9-4-2-5-10-19)20-11-6-3-7-12-20;/h2-13,15,17,22H,14,16,18H2,1H3,(H,29,30)(H2,25,27,28);1H. The van der Waals surface area contributed by atoms with Gasteiger partial charge in [0.1, 0.15) is 0 Å². The van der Waals surface area contributed by atoms with Crippen molar-refractivity contribution < 1.29 is 4.79 Å². The highest BCUT2D eigenvalue weighted by Crippen LogP contribution is 2.27. The molecule has 3 N–H and O–H groups in total. The van der Waals surface area contributed by atoms with Gasteiger partial charge in [-0.15, -0.1) is 24.0 Å². The lowest BCUT2D eigenvalue weighted by atomic mass is 9.88. The second-order valence-corrected chi connectivity index (χ2v) is 6.81. The highest BCUT2D eigenvalue weighted by molar-refractivity contribution is 14.0. The van der Waals surface area contributed by atoms with E-state index in [1.54, 1.807) is 31.6 Å². The first-order chi connectivity index (χ1) is 14.8. The molecule has 2 aromatic carbocycles. The Labute approximate surface area is 200 Å². The second-order valence-electron chi connectivity index (χ2n) is 6.81. The number of nitrogens with one attached hydrogen (secondary N) is 3. The van der Waals surface area contributed by atoms with Crippen molar-refractivity contribution in [2.24, 2.45) is 4.99 Å². The number of aliphatic imine (C=N–C) groups is 1. The molecule has 1 heterocycles. The Bertz CT molecular complexity index is 896. The van der Waals surface area contributed by atoms with Crippen LogP contribution in [0.15, 0.2) is 90.2 Å². The molecule has 31 heavy (non-hydrogen) atoms. The summed E-state index contributed by atoms with van der Waals surface area (Å²) < 4.78 is 0. The molecule has 6 nitrogen and oxygen atoms in total. The number of amides is 1. The number of nitrogens with zero attached hydrogens (tertiary/aromatic N) is 2. The maximum absolute atomic E-state index is 12.1. The zero-order valence-electron chi connectivity index (χ0n) is 17.5. The molecule has 0 saturated carbocycles. The van der Waals surface area contributed by atoms with Crippen molar-refractivity contribution in [2.45, 2.75) is 12.3 Å². The van der Waals surface area contributed by atoms with E-state index >= 15 is 0 Å². The summed E-state index contributed by atoms with van der Waals surface area (Å²) in [5, 5.41) is 9.15.